The highest BCUT2D eigenvalue weighted by Gasteiger charge is 2.36. The van der Waals surface area contributed by atoms with Crippen LogP contribution in [0.25, 0.3) is 10.9 Å². The third-order valence-electron chi connectivity index (χ3n) is 5.12. The van der Waals surface area contributed by atoms with Crippen molar-refractivity contribution in [3.63, 3.8) is 0 Å². The number of hydrogen-bond acceptors (Lipinski definition) is 2. The normalized spacial score (nSPS) is 17.3. The molecule has 3 nitrogen and oxygen atoms in total. The molecule has 140 valence electrons. The second-order valence-electron chi connectivity index (χ2n) is 6.73. The molecule has 0 saturated heterocycles. The molecule has 0 bridgehead atoms. The first-order valence-corrected chi connectivity index (χ1v) is 10.5. The quantitative estimate of drug-likeness (QED) is 0.472. The minimum atomic E-state index is -0.814. The summed E-state index contributed by atoms with van der Waals surface area (Å²) < 4.78 is 16.8. The van der Waals surface area contributed by atoms with Crippen LogP contribution in [-0.2, 0) is 11.3 Å². The Morgan fingerprint density at radius 3 is 2.74 bits per heavy atom. The molecular formula is C20H16BrClFNO2S. The highest BCUT2D eigenvalue weighted by molar-refractivity contribution is 9.10. The smallest absolute Gasteiger partial charge is 0.306 e. The minimum absolute atomic E-state index is 0.111. The van der Waals surface area contributed by atoms with E-state index in [4.69, 9.17) is 11.6 Å². The van der Waals surface area contributed by atoms with Crippen LogP contribution in [0.15, 0.2) is 50.7 Å². The topological polar surface area (TPSA) is 42.2 Å². The van der Waals surface area contributed by atoms with E-state index in [1.54, 1.807) is 18.7 Å². The molecule has 0 saturated carbocycles. The van der Waals surface area contributed by atoms with E-state index < -0.39 is 11.9 Å². The van der Waals surface area contributed by atoms with Crippen LogP contribution < -0.4 is 0 Å². The first kappa shape index (κ1) is 18.8. The van der Waals surface area contributed by atoms with Crippen molar-refractivity contribution in [1.82, 2.24) is 4.57 Å². The van der Waals surface area contributed by atoms with Crippen molar-refractivity contribution >= 4 is 56.2 Å². The van der Waals surface area contributed by atoms with Gasteiger partial charge in [0.15, 0.2) is 0 Å². The lowest BCUT2D eigenvalue weighted by Gasteiger charge is -2.16. The summed E-state index contributed by atoms with van der Waals surface area (Å²) in [5, 5.41) is 11.1. The van der Waals surface area contributed by atoms with E-state index >= 15 is 0 Å². The van der Waals surface area contributed by atoms with Crippen LogP contribution in [0.5, 0.6) is 0 Å². The van der Waals surface area contributed by atoms with Crippen LogP contribution in [0, 0.1) is 11.7 Å². The second kappa shape index (κ2) is 7.15. The molecule has 27 heavy (non-hydrogen) atoms. The summed E-state index contributed by atoms with van der Waals surface area (Å²) >= 11 is 11.1. The van der Waals surface area contributed by atoms with E-state index in [1.165, 1.54) is 12.1 Å². The first-order valence-electron chi connectivity index (χ1n) is 8.54. The second-order valence-corrected chi connectivity index (χ2v) is 9.10. The zero-order valence-electron chi connectivity index (χ0n) is 14.4. The fraction of sp³-hybridized carbons (Fsp3) is 0.250. The molecule has 7 heteroatoms. The Balaban J connectivity index is 1.94. The summed E-state index contributed by atoms with van der Waals surface area (Å²) in [4.78, 5) is 13.6. The molecule has 0 radical (unpaired) electrons. The summed E-state index contributed by atoms with van der Waals surface area (Å²) in [5.74, 6) is -1.75. The molecule has 1 aliphatic rings. The summed E-state index contributed by atoms with van der Waals surface area (Å²) in [6.07, 6.45) is 0.737. The van der Waals surface area contributed by atoms with E-state index in [0.29, 0.717) is 16.0 Å². The van der Waals surface area contributed by atoms with Crippen molar-refractivity contribution in [3.8, 4) is 0 Å². The van der Waals surface area contributed by atoms with Gasteiger partial charge in [0.1, 0.15) is 5.82 Å². The molecule has 1 aliphatic heterocycles. The van der Waals surface area contributed by atoms with Gasteiger partial charge in [-0.3, -0.25) is 4.79 Å². The van der Waals surface area contributed by atoms with Crippen LogP contribution in [0.4, 0.5) is 4.39 Å². The Bertz CT molecular complexity index is 1050. The van der Waals surface area contributed by atoms with E-state index in [2.05, 4.69) is 20.5 Å². The van der Waals surface area contributed by atoms with Crippen LogP contribution >= 0.6 is 39.3 Å². The predicted octanol–water partition coefficient (Wildman–Crippen LogP) is 6.56. The van der Waals surface area contributed by atoms with Gasteiger partial charge in [-0.15, -0.1) is 0 Å². The van der Waals surface area contributed by atoms with Crippen LogP contribution in [-0.4, -0.2) is 15.6 Å². The molecule has 2 aromatic carbocycles. The van der Waals surface area contributed by atoms with Crippen molar-refractivity contribution in [2.24, 2.45) is 5.92 Å². The molecule has 3 aromatic rings. The zero-order valence-corrected chi connectivity index (χ0v) is 17.5. The molecule has 0 aliphatic carbocycles. The lowest BCUT2D eigenvalue weighted by atomic mass is 9.90. The highest BCUT2D eigenvalue weighted by atomic mass is 79.9. The van der Waals surface area contributed by atoms with Gasteiger partial charge in [-0.2, -0.15) is 0 Å². The average Bonchev–Trinajstić information content (AvgIpc) is 3.16. The number of nitrogens with zero attached hydrogens (tertiary/aromatic N) is 1. The largest absolute Gasteiger partial charge is 0.481 e. The number of rotatable bonds is 4. The van der Waals surface area contributed by atoms with E-state index in [0.717, 1.165) is 32.8 Å². The maximum absolute atomic E-state index is 14.1. The zero-order chi connectivity index (χ0) is 19.3. The molecule has 4 rings (SSSR count). The van der Waals surface area contributed by atoms with Gasteiger partial charge in [-0.1, -0.05) is 30.3 Å². The van der Waals surface area contributed by atoms with E-state index in [1.807, 2.05) is 24.3 Å². The van der Waals surface area contributed by atoms with Gasteiger partial charge < -0.3 is 9.67 Å². The highest BCUT2D eigenvalue weighted by Crippen LogP contribution is 2.49. The first-order chi connectivity index (χ1) is 12.9. The number of aryl methyl sites for hydroxylation is 1. The van der Waals surface area contributed by atoms with Crippen molar-refractivity contribution < 1.29 is 14.3 Å². The maximum atomic E-state index is 14.1. The van der Waals surface area contributed by atoms with Crippen molar-refractivity contribution in [1.29, 1.82) is 0 Å². The molecule has 0 spiro atoms. The number of aliphatic carboxylic acids is 1. The Hall–Kier alpha value is -1.50. The number of carboxylic acid groups (broad SMARTS) is 1. The van der Waals surface area contributed by atoms with E-state index in [-0.39, 0.29) is 11.7 Å². The van der Waals surface area contributed by atoms with Crippen LogP contribution in [0.3, 0.4) is 0 Å². The summed E-state index contributed by atoms with van der Waals surface area (Å²) in [6.45, 7) is 2.43. The molecule has 1 aromatic heterocycles. The van der Waals surface area contributed by atoms with Crippen molar-refractivity contribution in [2.75, 3.05) is 0 Å². The van der Waals surface area contributed by atoms with Gasteiger partial charge in [0.05, 0.1) is 11.4 Å². The van der Waals surface area contributed by atoms with Crippen molar-refractivity contribution in [2.45, 2.75) is 35.6 Å². The van der Waals surface area contributed by atoms with Gasteiger partial charge >= 0.3 is 5.97 Å². The maximum Gasteiger partial charge on any atom is 0.306 e. The molecule has 0 amide bonds. The van der Waals surface area contributed by atoms with Gasteiger partial charge in [-0.25, -0.2) is 4.39 Å². The number of halogens is 3. The molecule has 2 atom stereocenters. The Morgan fingerprint density at radius 2 is 2.07 bits per heavy atom. The Labute approximate surface area is 173 Å². The molecule has 0 fully saturated rings. The SMILES string of the molecule is CC(C(=O)O)C1CCn2c1c(Sc1ccc(Cl)cc1)c1c(Br)cc(F)cc12. The molecular weight excluding hydrogens is 453 g/mol. The predicted molar refractivity (Wildman–Crippen MR) is 109 cm³/mol. The summed E-state index contributed by atoms with van der Waals surface area (Å²) in [5.41, 5.74) is 1.78. The third-order valence-corrected chi connectivity index (χ3v) is 7.12. The Morgan fingerprint density at radius 1 is 1.37 bits per heavy atom. The number of hydrogen-bond donors (Lipinski definition) is 1. The lowest BCUT2D eigenvalue weighted by molar-refractivity contribution is -0.141. The van der Waals surface area contributed by atoms with Crippen LogP contribution in [0.1, 0.15) is 25.0 Å². The number of benzene rings is 2. The standard InChI is InChI=1S/C20H16BrClFNO2S/c1-10(20(25)26)14-6-7-24-16-9-12(23)8-15(21)17(16)19(18(14)24)27-13-4-2-11(22)3-5-13/h2-5,8-10,14H,6-7H2,1H3,(H,25,26). The molecule has 2 unspecified atom stereocenters. The van der Waals surface area contributed by atoms with Gasteiger partial charge in [0, 0.05) is 42.8 Å². The Kier molecular flexibility index (Phi) is 4.99. The fourth-order valence-corrected chi connectivity index (χ4v) is 5.84. The van der Waals surface area contributed by atoms with Crippen molar-refractivity contribution in [3.05, 3.63) is 57.4 Å². The monoisotopic (exact) mass is 467 g/mol. The van der Waals surface area contributed by atoms with E-state index in [9.17, 15) is 14.3 Å². The summed E-state index contributed by atoms with van der Waals surface area (Å²) in [7, 11) is 0. The van der Waals surface area contributed by atoms with Gasteiger partial charge in [0.25, 0.3) is 0 Å². The molecule has 2 heterocycles. The van der Waals surface area contributed by atoms with Gasteiger partial charge in [-0.05, 0) is 58.7 Å². The third kappa shape index (κ3) is 3.28. The minimum Gasteiger partial charge on any atom is -0.481 e. The van der Waals surface area contributed by atoms with Crippen LogP contribution in [0.2, 0.25) is 5.02 Å². The number of aromatic nitrogens is 1. The van der Waals surface area contributed by atoms with Gasteiger partial charge in [0.2, 0.25) is 0 Å². The number of carboxylic acids is 1. The summed E-state index contributed by atoms with van der Waals surface area (Å²) in [6, 6.07) is 10.5. The molecule has 1 N–H and O–H groups in total. The lowest BCUT2D eigenvalue weighted by Crippen LogP contribution is -2.17. The average molecular weight is 469 g/mol. The fourth-order valence-electron chi connectivity index (χ4n) is 3.78. The number of carbonyl (C=O) groups is 1. The number of fused-ring (bicyclic) bond motifs is 3.